The van der Waals surface area contributed by atoms with Crippen LogP contribution in [0.5, 0.6) is 0 Å². The van der Waals surface area contributed by atoms with Crippen molar-refractivity contribution < 1.29 is 9.84 Å². The van der Waals surface area contributed by atoms with Gasteiger partial charge in [0.25, 0.3) is 0 Å². The van der Waals surface area contributed by atoms with Gasteiger partial charge >= 0.3 is 0 Å². The maximum absolute atomic E-state index is 8.86. The van der Waals surface area contributed by atoms with Gasteiger partial charge in [-0.15, -0.1) is 0 Å². The van der Waals surface area contributed by atoms with E-state index in [9.17, 15) is 0 Å². The fourth-order valence-electron chi connectivity index (χ4n) is 3.73. The van der Waals surface area contributed by atoms with E-state index >= 15 is 0 Å². The van der Waals surface area contributed by atoms with Gasteiger partial charge in [-0.25, -0.2) is 0 Å². The third kappa shape index (κ3) is 3.61. The van der Waals surface area contributed by atoms with Crippen LogP contribution in [0, 0.1) is 5.41 Å². The predicted octanol–water partition coefficient (Wildman–Crippen LogP) is 4.72. The summed E-state index contributed by atoms with van der Waals surface area (Å²) in [5.74, 6) is 0. The minimum atomic E-state index is -0.0854. The smallest absolute Gasteiger partial charge is 0.0982 e. The summed E-state index contributed by atoms with van der Waals surface area (Å²) in [6.45, 7) is 11.1. The summed E-state index contributed by atoms with van der Waals surface area (Å²) in [6, 6.07) is 0. The Labute approximate surface area is 135 Å². The van der Waals surface area contributed by atoms with Gasteiger partial charge in [0.2, 0.25) is 0 Å². The first-order valence-electron chi connectivity index (χ1n) is 8.31. The molecule has 122 valence electrons. The standard InChI is InChI=1S/C20H30O2/c1-15(10-13-21)8-6-9-16(2)17-14-18-19(3,4)11-7-12-20(18,5)22-17/h6,8-10,14,17,21H,7,11-13H2,1-5H3/b8-6+,15-10+,16-9+/t17-,20+/m1/s1. The van der Waals surface area contributed by atoms with Crippen molar-refractivity contribution in [2.75, 3.05) is 6.61 Å². The second-order valence-electron chi connectivity index (χ2n) is 7.49. The molecule has 0 amide bonds. The molecule has 0 aromatic rings. The van der Waals surface area contributed by atoms with Crippen LogP contribution >= 0.6 is 0 Å². The van der Waals surface area contributed by atoms with Gasteiger partial charge in [0.1, 0.15) is 0 Å². The monoisotopic (exact) mass is 302 g/mol. The van der Waals surface area contributed by atoms with Gasteiger partial charge in [-0.3, -0.25) is 0 Å². The maximum Gasteiger partial charge on any atom is 0.0982 e. The number of rotatable bonds is 4. The fourth-order valence-corrected chi connectivity index (χ4v) is 3.73. The minimum absolute atomic E-state index is 0.0854. The topological polar surface area (TPSA) is 29.5 Å². The van der Waals surface area contributed by atoms with Crippen molar-refractivity contribution in [2.45, 2.75) is 65.6 Å². The number of fused-ring (bicyclic) bond motifs is 1. The number of hydrogen-bond donors (Lipinski definition) is 1. The van der Waals surface area contributed by atoms with Crippen molar-refractivity contribution in [3.05, 3.63) is 47.1 Å². The molecule has 0 aromatic carbocycles. The zero-order valence-electron chi connectivity index (χ0n) is 14.6. The lowest BCUT2D eigenvalue weighted by atomic mass is 9.67. The van der Waals surface area contributed by atoms with E-state index in [0.717, 1.165) is 12.0 Å². The van der Waals surface area contributed by atoms with Crippen LogP contribution in [0.2, 0.25) is 0 Å². The molecule has 1 aliphatic carbocycles. The van der Waals surface area contributed by atoms with Gasteiger partial charge in [0, 0.05) is 0 Å². The zero-order chi connectivity index (χ0) is 16.4. The Morgan fingerprint density at radius 3 is 2.68 bits per heavy atom. The minimum Gasteiger partial charge on any atom is -0.392 e. The lowest BCUT2D eigenvalue weighted by Gasteiger charge is -2.42. The van der Waals surface area contributed by atoms with Gasteiger partial charge < -0.3 is 9.84 Å². The molecule has 0 bridgehead atoms. The molecule has 1 fully saturated rings. The Kier molecular flexibility index (Phi) is 5.14. The highest BCUT2D eigenvalue weighted by atomic mass is 16.5. The van der Waals surface area contributed by atoms with Gasteiger partial charge in [-0.2, -0.15) is 0 Å². The molecule has 0 radical (unpaired) electrons. The number of allylic oxidation sites excluding steroid dienone is 4. The van der Waals surface area contributed by atoms with E-state index in [1.54, 1.807) is 6.08 Å². The Balaban J connectivity index is 2.14. The van der Waals surface area contributed by atoms with Crippen LogP contribution in [0.3, 0.4) is 0 Å². The summed E-state index contributed by atoms with van der Waals surface area (Å²) in [7, 11) is 0. The zero-order valence-corrected chi connectivity index (χ0v) is 14.6. The van der Waals surface area contributed by atoms with Crippen LogP contribution in [0.25, 0.3) is 0 Å². The van der Waals surface area contributed by atoms with Gasteiger partial charge in [-0.1, -0.05) is 43.7 Å². The van der Waals surface area contributed by atoms with Gasteiger partial charge in [0.05, 0.1) is 18.3 Å². The van der Waals surface area contributed by atoms with Crippen LogP contribution in [0.1, 0.15) is 53.9 Å². The molecule has 2 aliphatic rings. The average Bonchev–Trinajstić information content (AvgIpc) is 2.78. The predicted molar refractivity (Wildman–Crippen MR) is 92.7 cm³/mol. The van der Waals surface area contributed by atoms with E-state index in [2.05, 4.69) is 39.8 Å². The van der Waals surface area contributed by atoms with E-state index in [4.69, 9.17) is 9.84 Å². The van der Waals surface area contributed by atoms with Crippen LogP contribution in [0.15, 0.2) is 47.1 Å². The molecular weight excluding hydrogens is 272 g/mol. The van der Waals surface area contributed by atoms with E-state index in [-0.39, 0.29) is 23.7 Å². The van der Waals surface area contributed by atoms with E-state index in [1.165, 1.54) is 24.0 Å². The molecule has 1 aliphatic heterocycles. The third-order valence-electron chi connectivity index (χ3n) is 5.04. The summed E-state index contributed by atoms with van der Waals surface area (Å²) >= 11 is 0. The lowest BCUT2D eigenvalue weighted by Crippen LogP contribution is -2.39. The lowest BCUT2D eigenvalue weighted by molar-refractivity contribution is -0.0307. The van der Waals surface area contributed by atoms with Crippen molar-refractivity contribution in [3.63, 3.8) is 0 Å². The molecule has 0 aromatic heterocycles. The number of aliphatic hydroxyl groups is 1. The third-order valence-corrected chi connectivity index (χ3v) is 5.04. The molecule has 0 unspecified atom stereocenters. The SMILES string of the molecule is CC(/C=C/C=C(\C)[C@H]1C=C2C(C)(C)CCC[C@]2(C)O1)=C\CO. The number of ether oxygens (including phenoxy) is 1. The molecule has 0 saturated heterocycles. The van der Waals surface area contributed by atoms with E-state index < -0.39 is 0 Å². The Morgan fingerprint density at radius 2 is 2.05 bits per heavy atom. The molecule has 1 heterocycles. The summed E-state index contributed by atoms with van der Waals surface area (Å²) in [5, 5.41) is 8.86. The second kappa shape index (κ2) is 6.55. The Morgan fingerprint density at radius 1 is 1.32 bits per heavy atom. The van der Waals surface area contributed by atoms with Gasteiger partial charge in [0.15, 0.2) is 0 Å². The van der Waals surface area contributed by atoms with Crippen LogP contribution < -0.4 is 0 Å². The maximum atomic E-state index is 8.86. The highest BCUT2D eigenvalue weighted by molar-refractivity contribution is 5.36. The Bertz CT molecular complexity index is 534. The summed E-state index contributed by atoms with van der Waals surface area (Å²) in [4.78, 5) is 0. The molecule has 2 atom stereocenters. The molecule has 2 heteroatoms. The molecule has 1 saturated carbocycles. The van der Waals surface area contributed by atoms with Crippen molar-refractivity contribution in [1.82, 2.24) is 0 Å². The van der Waals surface area contributed by atoms with E-state index in [0.29, 0.717) is 0 Å². The van der Waals surface area contributed by atoms with Crippen molar-refractivity contribution >= 4 is 0 Å². The fraction of sp³-hybridized carbons (Fsp3) is 0.600. The largest absolute Gasteiger partial charge is 0.392 e. The van der Waals surface area contributed by atoms with Crippen LogP contribution in [0.4, 0.5) is 0 Å². The molecule has 0 spiro atoms. The molecule has 1 N–H and O–H groups in total. The molecule has 2 nitrogen and oxygen atoms in total. The average molecular weight is 302 g/mol. The highest BCUT2D eigenvalue weighted by Gasteiger charge is 2.47. The first-order valence-corrected chi connectivity index (χ1v) is 8.31. The van der Waals surface area contributed by atoms with Crippen molar-refractivity contribution in [3.8, 4) is 0 Å². The number of aliphatic hydroxyl groups excluding tert-OH is 1. The summed E-state index contributed by atoms with van der Waals surface area (Å²) in [5.41, 5.74) is 3.94. The number of hydrogen-bond acceptors (Lipinski definition) is 2. The van der Waals surface area contributed by atoms with Crippen molar-refractivity contribution in [1.29, 1.82) is 0 Å². The first-order chi connectivity index (χ1) is 10.3. The Hall–Kier alpha value is -1.12. The quantitative estimate of drug-likeness (QED) is 0.601. The van der Waals surface area contributed by atoms with Crippen LogP contribution in [-0.2, 0) is 4.74 Å². The second-order valence-corrected chi connectivity index (χ2v) is 7.49. The highest BCUT2D eigenvalue weighted by Crippen LogP contribution is 2.51. The first kappa shape index (κ1) is 17.2. The summed E-state index contributed by atoms with van der Waals surface area (Å²) in [6.07, 6.45) is 14.0. The van der Waals surface area contributed by atoms with E-state index in [1.807, 2.05) is 19.1 Å². The van der Waals surface area contributed by atoms with Crippen molar-refractivity contribution in [2.24, 2.45) is 5.41 Å². The molecular formula is C20H30O2. The van der Waals surface area contributed by atoms with Gasteiger partial charge in [-0.05, 0) is 62.7 Å². The molecule has 2 rings (SSSR count). The normalized spacial score (nSPS) is 32.3. The summed E-state index contributed by atoms with van der Waals surface area (Å²) < 4.78 is 6.41. The molecule has 22 heavy (non-hydrogen) atoms. The van der Waals surface area contributed by atoms with Crippen LogP contribution in [-0.4, -0.2) is 23.4 Å².